The lowest BCUT2D eigenvalue weighted by molar-refractivity contribution is 0.267. The van der Waals surface area contributed by atoms with Crippen LogP contribution in [-0.4, -0.2) is 14.7 Å². The number of nitrogens with zero attached hydrogens (tertiary/aromatic N) is 2. The molecule has 0 saturated carbocycles. The van der Waals surface area contributed by atoms with Crippen molar-refractivity contribution in [3.8, 4) is 0 Å². The summed E-state index contributed by atoms with van der Waals surface area (Å²) in [4.78, 5) is 3.95. The Morgan fingerprint density at radius 3 is 2.90 bits per heavy atom. The molecular weight excluding hydrogens is 128 g/mol. The predicted molar refractivity (Wildman–Crippen MR) is 39.2 cm³/mol. The summed E-state index contributed by atoms with van der Waals surface area (Å²) in [5.74, 6) is 0.662. The third-order valence-corrected chi connectivity index (χ3v) is 1.47. The summed E-state index contributed by atoms with van der Waals surface area (Å²) in [6.45, 7) is 3.57. The second-order valence-electron chi connectivity index (χ2n) is 2.02. The fraction of sp³-hybridized carbons (Fsp3) is 0.286. The molecule has 0 amide bonds. The Morgan fingerprint density at radius 2 is 2.60 bits per heavy atom. The number of aromatic nitrogens is 2. The summed E-state index contributed by atoms with van der Waals surface area (Å²) in [6.07, 6.45) is 3.38. The number of hydrogen-bond donors (Lipinski definition) is 1. The van der Waals surface area contributed by atoms with E-state index in [2.05, 4.69) is 11.6 Å². The van der Waals surface area contributed by atoms with Crippen LogP contribution in [-0.2, 0) is 13.7 Å². The third kappa shape index (κ3) is 0.953. The van der Waals surface area contributed by atoms with E-state index < -0.39 is 0 Å². The minimum absolute atomic E-state index is 0.0235. The maximum absolute atomic E-state index is 8.71. The van der Waals surface area contributed by atoms with Crippen LogP contribution in [0.1, 0.15) is 11.5 Å². The lowest BCUT2D eigenvalue weighted by atomic mass is 10.5. The molecule has 0 fully saturated rings. The minimum atomic E-state index is -0.0235. The van der Waals surface area contributed by atoms with Crippen molar-refractivity contribution in [1.82, 2.24) is 9.55 Å². The van der Waals surface area contributed by atoms with Crippen LogP contribution >= 0.6 is 0 Å². The van der Waals surface area contributed by atoms with Crippen molar-refractivity contribution in [3.63, 3.8) is 0 Å². The Labute approximate surface area is 59.6 Å². The summed E-state index contributed by atoms with van der Waals surface area (Å²) in [5, 5.41) is 8.71. The zero-order valence-electron chi connectivity index (χ0n) is 5.91. The van der Waals surface area contributed by atoms with E-state index in [0.29, 0.717) is 5.82 Å². The van der Waals surface area contributed by atoms with Crippen LogP contribution in [0.2, 0.25) is 0 Å². The molecule has 1 rings (SSSR count). The first-order valence-corrected chi connectivity index (χ1v) is 3.03. The van der Waals surface area contributed by atoms with Gasteiger partial charge in [0.1, 0.15) is 12.4 Å². The van der Waals surface area contributed by atoms with Gasteiger partial charge in [-0.15, -0.1) is 0 Å². The topological polar surface area (TPSA) is 38.1 Å². The number of hydrogen-bond acceptors (Lipinski definition) is 2. The fourth-order valence-electron chi connectivity index (χ4n) is 0.799. The van der Waals surface area contributed by atoms with Gasteiger partial charge in [0.25, 0.3) is 0 Å². The first kappa shape index (κ1) is 7.02. The summed E-state index contributed by atoms with van der Waals surface area (Å²) in [6, 6.07) is 0. The van der Waals surface area contributed by atoms with Crippen LogP contribution in [0.25, 0.3) is 6.08 Å². The first-order chi connectivity index (χ1) is 4.79. The highest BCUT2D eigenvalue weighted by molar-refractivity contribution is 5.41. The van der Waals surface area contributed by atoms with E-state index in [1.165, 1.54) is 0 Å². The summed E-state index contributed by atoms with van der Waals surface area (Å²) >= 11 is 0. The molecule has 0 saturated heterocycles. The number of aliphatic hydroxyl groups excluding tert-OH is 1. The molecule has 0 aliphatic rings. The molecule has 0 unspecified atom stereocenters. The van der Waals surface area contributed by atoms with Crippen molar-refractivity contribution in [1.29, 1.82) is 0 Å². The fourth-order valence-corrected chi connectivity index (χ4v) is 0.799. The van der Waals surface area contributed by atoms with Crippen LogP contribution in [0.3, 0.4) is 0 Å². The lowest BCUT2D eigenvalue weighted by Gasteiger charge is -1.97. The van der Waals surface area contributed by atoms with Crippen molar-refractivity contribution >= 4 is 6.08 Å². The normalized spacial score (nSPS) is 9.80. The second kappa shape index (κ2) is 2.66. The van der Waals surface area contributed by atoms with E-state index in [1.54, 1.807) is 16.8 Å². The number of imidazole rings is 1. The van der Waals surface area contributed by atoms with Crippen molar-refractivity contribution in [3.05, 3.63) is 24.3 Å². The van der Waals surface area contributed by atoms with Crippen LogP contribution in [0.4, 0.5) is 0 Å². The molecule has 3 heteroatoms. The monoisotopic (exact) mass is 138 g/mol. The smallest absolute Gasteiger partial charge is 0.134 e. The van der Waals surface area contributed by atoms with Crippen molar-refractivity contribution in [2.75, 3.05) is 0 Å². The summed E-state index contributed by atoms with van der Waals surface area (Å²) < 4.78 is 1.80. The number of aliphatic hydroxyl groups is 1. The summed E-state index contributed by atoms with van der Waals surface area (Å²) in [5.41, 5.74) is 0.920. The molecule has 1 aromatic heterocycles. The van der Waals surface area contributed by atoms with Gasteiger partial charge in [0, 0.05) is 7.05 Å². The Morgan fingerprint density at radius 1 is 1.90 bits per heavy atom. The first-order valence-electron chi connectivity index (χ1n) is 3.03. The van der Waals surface area contributed by atoms with Gasteiger partial charge in [-0.3, -0.25) is 0 Å². The van der Waals surface area contributed by atoms with Gasteiger partial charge < -0.3 is 9.67 Å². The lowest BCUT2D eigenvalue weighted by Crippen LogP contribution is -1.98. The molecule has 1 N–H and O–H groups in total. The molecule has 0 aromatic carbocycles. The quantitative estimate of drug-likeness (QED) is 0.648. The van der Waals surface area contributed by atoms with Gasteiger partial charge in [0.15, 0.2) is 0 Å². The molecule has 3 nitrogen and oxygen atoms in total. The molecule has 0 atom stereocenters. The predicted octanol–water partition coefficient (Wildman–Crippen LogP) is 0.555. The van der Waals surface area contributed by atoms with Crippen LogP contribution in [0.5, 0.6) is 0 Å². The average Bonchev–Trinajstić information content (AvgIpc) is 2.30. The van der Waals surface area contributed by atoms with Crippen molar-refractivity contribution in [2.45, 2.75) is 6.61 Å². The van der Waals surface area contributed by atoms with Crippen LogP contribution in [0, 0.1) is 0 Å². The van der Waals surface area contributed by atoms with Gasteiger partial charge in [0.05, 0.1) is 11.9 Å². The van der Waals surface area contributed by atoms with E-state index in [-0.39, 0.29) is 6.61 Å². The largest absolute Gasteiger partial charge is 0.388 e. The van der Waals surface area contributed by atoms with Crippen molar-refractivity contribution < 1.29 is 5.11 Å². The number of rotatable bonds is 2. The Hall–Kier alpha value is -1.09. The Balaban J connectivity index is 3.08. The second-order valence-corrected chi connectivity index (χ2v) is 2.02. The van der Waals surface area contributed by atoms with E-state index in [0.717, 1.165) is 5.69 Å². The summed E-state index contributed by atoms with van der Waals surface area (Å²) in [7, 11) is 1.84. The maximum Gasteiger partial charge on any atom is 0.134 e. The van der Waals surface area contributed by atoms with Gasteiger partial charge in [0.2, 0.25) is 0 Å². The van der Waals surface area contributed by atoms with Gasteiger partial charge in [-0.25, -0.2) is 4.98 Å². The molecule has 0 spiro atoms. The average molecular weight is 138 g/mol. The highest BCUT2D eigenvalue weighted by atomic mass is 16.3. The maximum atomic E-state index is 8.71. The molecule has 0 aliphatic heterocycles. The molecule has 10 heavy (non-hydrogen) atoms. The molecule has 0 radical (unpaired) electrons. The van der Waals surface area contributed by atoms with E-state index in [1.807, 2.05) is 7.05 Å². The van der Waals surface area contributed by atoms with Gasteiger partial charge in [-0.05, 0) is 6.08 Å². The molecular formula is C7H10N2O. The van der Waals surface area contributed by atoms with E-state index >= 15 is 0 Å². The third-order valence-electron chi connectivity index (χ3n) is 1.47. The van der Waals surface area contributed by atoms with Crippen LogP contribution < -0.4 is 0 Å². The molecule has 1 aromatic rings. The molecule has 54 valence electrons. The highest BCUT2D eigenvalue weighted by Crippen LogP contribution is 2.02. The molecule has 0 bridgehead atoms. The molecule has 1 heterocycles. The Bertz CT molecular complexity index is 240. The Kier molecular flexibility index (Phi) is 1.87. The van der Waals surface area contributed by atoms with E-state index in [9.17, 15) is 0 Å². The van der Waals surface area contributed by atoms with Gasteiger partial charge in [-0.1, -0.05) is 6.58 Å². The standard InChI is InChI=1S/C7H10N2O/c1-3-6-4-8-7(5-10)9(6)2/h3-4,10H,1,5H2,2H3. The highest BCUT2D eigenvalue weighted by Gasteiger charge is 1.99. The zero-order chi connectivity index (χ0) is 7.56. The van der Waals surface area contributed by atoms with Crippen LogP contribution in [0.15, 0.2) is 12.8 Å². The molecule has 0 aliphatic carbocycles. The SMILES string of the molecule is C=Cc1cnc(CO)n1C. The van der Waals surface area contributed by atoms with Gasteiger partial charge >= 0.3 is 0 Å². The minimum Gasteiger partial charge on any atom is -0.388 e. The van der Waals surface area contributed by atoms with Crippen molar-refractivity contribution in [2.24, 2.45) is 7.05 Å². The zero-order valence-corrected chi connectivity index (χ0v) is 5.91. The van der Waals surface area contributed by atoms with Gasteiger partial charge in [-0.2, -0.15) is 0 Å². The van der Waals surface area contributed by atoms with E-state index in [4.69, 9.17) is 5.11 Å².